The molecule has 0 unspecified atom stereocenters. The molecule has 0 aromatic heterocycles. The van der Waals surface area contributed by atoms with Crippen LogP contribution in [0.3, 0.4) is 0 Å². The number of halogens is 1. The number of nitrogens with zero attached hydrogens (tertiary/aromatic N) is 1. The van der Waals surface area contributed by atoms with Gasteiger partial charge in [0.25, 0.3) is 0 Å². The highest BCUT2D eigenvalue weighted by Crippen LogP contribution is 2.01. The van der Waals surface area contributed by atoms with Crippen LogP contribution in [0, 0.1) is 0 Å². The fourth-order valence-corrected chi connectivity index (χ4v) is 1.03. The van der Waals surface area contributed by atoms with Gasteiger partial charge >= 0.3 is 5.97 Å². The molecule has 0 saturated carbocycles. The van der Waals surface area contributed by atoms with Gasteiger partial charge in [-0.25, -0.2) is 4.79 Å². The minimum atomic E-state index is -0.609. The molecule has 0 N–H and O–H groups in total. The monoisotopic (exact) mass is 211 g/mol. The maximum atomic E-state index is 10.8. The van der Waals surface area contributed by atoms with E-state index in [2.05, 4.69) is 9.73 Å². The van der Waals surface area contributed by atoms with Crippen molar-refractivity contribution < 1.29 is 9.53 Å². The van der Waals surface area contributed by atoms with Crippen molar-refractivity contribution in [3.63, 3.8) is 0 Å². The summed E-state index contributed by atoms with van der Waals surface area (Å²) in [5.74, 6) is -0.609. The smallest absolute Gasteiger partial charge is 0.368 e. The second kappa shape index (κ2) is 5.40. The molecule has 0 fully saturated rings. The topological polar surface area (TPSA) is 38.7 Å². The largest absolute Gasteiger partial charge is 0.464 e. The summed E-state index contributed by atoms with van der Waals surface area (Å²) >= 11 is 5.56. The van der Waals surface area contributed by atoms with Gasteiger partial charge in [0.1, 0.15) is 0 Å². The molecule has 0 aliphatic heterocycles. The third-order valence-corrected chi connectivity index (χ3v) is 1.87. The van der Waals surface area contributed by atoms with Crippen LogP contribution in [0.5, 0.6) is 0 Å². The Hall–Kier alpha value is -1.35. The molecular weight excluding hydrogens is 202 g/mol. The Morgan fingerprint density at radius 2 is 2.07 bits per heavy atom. The highest BCUT2D eigenvalue weighted by atomic mass is 35.5. The van der Waals surface area contributed by atoms with E-state index in [9.17, 15) is 4.79 Å². The van der Waals surface area contributed by atoms with Crippen molar-refractivity contribution >= 4 is 22.7 Å². The average molecular weight is 212 g/mol. The number of carbonyl (C=O) groups is 1. The molecule has 0 heterocycles. The highest BCUT2D eigenvalue weighted by molar-refractivity contribution is 6.81. The van der Waals surface area contributed by atoms with Gasteiger partial charge in [0.15, 0.2) is 0 Å². The molecule has 0 atom stereocenters. The first-order chi connectivity index (χ1) is 6.74. The molecule has 14 heavy (non-hydrogen) atoms. The summed E-state index contributed by atoms with van der Waals surface area (Å²) in [4.78, 5) is 14.7. The number of benzene rings is 1. The molecule has 1 rings (SSSR count). The van der Waals surface area contributed by atoms with Crippen molar-refractivity contribution in [2.45, 2.75) is 6.54 Å². The van der Waals surface area contributed by atoms with E-state index in [1.54, 1.807) is 0 Å². The quantitative estimate of drug-likeness (QED) is 0.567. The molecule has 1 aromatic rings. The summed E-state index contributed by atoms with van der Waals surface area (Å²) in [6.07, 6.45) is 0. The van der Waals surface area contributed by atoms with Crippen molar-refractivity contribution in [3.05, 3.63) is 35.9 Å². The SMILES string of the molecule is COC(=O)C(Cl)=NCc1ccccc1. The number of ether oxygens (including phenoxy) is 1. The highest BCUT2D eigenvalue weighted by Gasteiger charge is 2.06. The number of esters is 1. The lowest BCUT2D eigenvalue weighted by molar-refractivity contribution is -0.132. The Morgan fingerprint density at radius 1 is 1.43 bits per heavy atom. The maximum absolute atomic E-state index is 10.8. The lowest BCUT2D eigenvalue weighted by atomic mass is 10.2. The number of aliphatic imine (C=N–C) groups is 1. The zero-order chi connectivity index (χ0) is 10.4. The Bertz CT molecular complexity index is 335. The van der Waals surface area contributed by atoms with Gasteiger partial charge in [-0.05, 0) is 5.56 Å². The standard InChI is InChI=1S/C10H10ClNO2/c1-14-10(13)9(11)12-7-8-5-3-2-4-6-8/h2-6H,7H2,1H3. The fourth-order valence-electron chi connectivity index (χ4n) is 0.893. The van der Waals surface area contributed by atoms with Crippen molar-refractivity contribution in [2.24, 2.45) is 4.99 Å². The Balaban J connectivity index is 2.59. The lowest BCUT2D eigenvalue weighted by Gasteiger charge is -1.97. The molecular formula is C10H10ClNO2. The first kappa shape index (κ1) is 10.7. The Kier molecular flexibility index (Phi) is 4.13. The molecule has 0 aliphatic carbocycles. The molecule has 0 saturated heterocycles. The van der Waals surface area contributed by atoms with Crippen molar-refractivity contribution in [2.75, 3.05) is 7.11 Å². The van der Waals surface area contributed by atoms with E-state index in [-0.39, 0.29) is 5.17 Å². The lowest BCUT2D eigenvalue weighted by Crippen LogP contribution is -2.09. The predicted molar refractivity (Wildman–Crippen MR) is 55.5 cm³/mol. The molecule has 0 radical (unpaired) electrons. The second-order valence-corrected chi connectivity index (χ2v) is 2.94. The molecule has 4 heteroatoms. The van der Waals surface area contributed by atoms with Crippen molar-refractivity contribution in [1.29, 1.82) is 0 Å². The first-order valence-corrected chi connectivity index (χ1v) is 4.44. The zero-order valence-electron chi connectivity index (χ0n) is 7.74. The van der Waals surface area contributed by atoms with Gasteiger partial charge in [-0.1, -0.05) is 41.9 Å². The summed E-state index contributed by atoms with van der Waals surface area (Å²) in [7, 11) is 1.27. The summed E-state index contributed by atoms with van der Waals surface area (Å²) in [6, 6.07) is 9.53. The van der Waals surface area contributed by atoms with Crippen LogP contribution < -0.4 is 0 Å². The zero-order valence-corrected chi connectivity index (χ0v) is 8.49. The molecule has 74 valence electrons. The van der Waals surface area contributed by atoms with E-state index in [0.29, 0.717) is 6.54 Å². The number of rotatable bonds is 3. The predicted octanol–water partition coefficient (Wildman–Crippen LogP) is 2.00. The molecule has 1 aromatic carbocycles. The van der Waals surface area contributed by atoms with Gasteiger partial charge in [0.05, 0.1) is 13.7 Å². The normalized spacial score (nSPS) is 11.1. The van der Waals surface area contributed by atoms with Crippen LogP contribution in [-0.4, -0.2) is 18.2 Å². The maximum Gasteiger partial charge on any atom is 0.368 e. The van der Waals surface area contributed by atoms with E-state index in [0.717, 1.165) is 5.56 Å². The van der Waals surface area contributed by atoms with E-state index < -0.39 is 5.97 Å². The van der Waals surface area contributed by atoms with Crippen molar-refractivity contribution in [1.82, 2.24) is 0 Å². The minimum Gasteiger partial charge on any atom is -0.464 e. The van der Waals surface area contributed by atoms with E-state index in [1.165, 1.54) is 7.11 Å². The van der Waals surface area contributed by atoms with Gasteiger partial charge in [-0.15, -0.1) is 0 Å². The van der Waals surface area contributed by atoms with Gasteiger partial charge < -0.3 is 4.74 Å². The Labute approximate surface area is 87.4 Å². The molecule has 0 bridgehead atoms. The first-order valence-electron chi connectivity index (χ1n) is 4.06. The Morgan fingerprint density at radius 3 is 2.64 bits per heavy atom. The number of hydrogen-bond acceptors (Lipinski definition) is 3. The average Bonchev–Trinajstić information content (AvgIpc) is 2.26. The summed E-state index contributed by atoms with van der Waals surface area (Å²) in [6.45, 7) is 0.384. The second-order valence-electron chi connectivity index (χ2n) is 2.58. The van der Waals surface area contributed by atoms with Crippen LogP contribution in [0.1, 0.15) is 5.56 Å². The molecule has 0 spiro atoms. The van der Waals surface area contributed by atoms with Crippen LogP contribution >= 0.6 is 11.6 Å². The van der Waals surface area contributed by atoms with Crippen LogP contribution in [0.25, 0.3) is 0 Å². The van der Waals surface area contributed by atoms with Crippen LogP contribution in [0.2, 0.25) is 0 Å². The summed E-state index contributed by atoms with van der Waals surface area (Å²) < 4.78 is 4.40. The fraction of sp³-hybridized carbons (Fsp3) is 0.200. The molecule has 0 amide bonds. The minimum absolute atomic E-state index is 0.128. The van der Waals surface area contributed by atoms with Crippen LogP contribution in [0.4, 0.5) is 0 Å². The van der Waals surface area contributed by atoms with Gasteiger partial charge in [-0.2, -0.15) is 0 Å². The van der Waals surface area contributed by atoms with E-state index in [4.69, 9.17) is 11.6 Å². The van der Waals surface area contributed by atoms with E-state index >= 15 is 0 Å². The van der Waals surface area contributed by atoms with Crippen LogP contribution in [-0.2, 0) is 16.1 Å². The van der Waals surface area contributed by atoms with E-state index in [1.807, 2.05) is 30.3 Å². The third-order valence-electron chi connectivity index (χ3n) is 1.60. The number of hydrogen-bond donors (Lipinski definition) is 0. The molecule has 3 nitrogen and oxygen atoms in total. The van der Waals surface area contributed by atoms with Crippen molar-refractivity contribution in [3.8, 4) is 0 Å². The van der Waals surface area contributed by atoms with Gasteiger partial charge in [-0.3, -0.25) is 4.99 Å². The number of methoxy groups -OCH3 is 1. The van der Waals surface area contributed by atoms with Gasteiger partial charge in [0.2, 0.25) is 5.17 Å². The summed E-state index contributed by atoms with van der Waals surface area (Å²) in [5.41, 5.74) is 0.995. The molecule has 0 aliphatic rings. The number of carbonyl (C=O) groups excluding carboxylic acids is 1. The summed E-state index contributed by atoms with van der Waals surface area (Å²) in [5, 5.41) is -0.128. The van der Waals surface area contributed by atoms with Gasteiger partial charge in [0, 0.05) is 0 Å². The van der Waals surface area contributed by atoms with Crippen LogP contribution in [0.15, 0.2) is 35.3 Å². The third kappa shape index (κ3) is 3.18.